The minimum Gasteiger partial charge on any atom is -0.371 e. The van der Waals surface area contributed by atoms with Crippen LogP contribution in [0, 0.1) is 26.7 Å². The van der Waals surface area contributed by atoms with E-state index in [9.17, 15) is 4.79 Å². The molecule has 1 N–H and O–H groups in total. The first-order valence-electron chi connectivity index (χ1n) is 8.53. The van der Waals surface area contributed by atoms with Gasteiger partial charge in [-0.2, -0.15) is 0 Å². The second kappa shape index (κ2) is 7.40. The molecule has 5 nitrogen and oxygen atoms in total. The van der Waals surface area contributed by atoms with Crippen LogP contribution in [0.3, 0.4) is 0 Å². The van der Waals surface area contributed by atoms with E-state index in [2.05, 4.69) is 27.1 Å². The van der Waals surface area contributed by atoms with Crippen LogP contribution in [-0.2, 0) is 0 Å². The van der Waals surface area contributed by atoms with Gasteiger partial charge in [0.25, 0.3) is 5.91 Å². The molecule has 1 aliphatic heterocycles. The topological polar surface area (TPSA) is 58.1 Å². The molecule has 0 aliphatic carbocycles. The summed E-state index contributed by atoms with van der Waals surface area (Å²) in [7, 11) is 0. The van der Waals surface area contributed by atoms with Gasteiger partial charge in [-0.3, -0.25) is 4.79 Å². The van der Waals surface area contributed by atoms with Crippen molar-refractivity contribution in [2.45, 2.75) is 27.2 Å². The Bertz CT molecular complexity index is 793. The van der Waals surface area contributed by atoms with Crippen LogP contribution in [-0.4, -0.2) is 35.5 Å². The maximum absolute atomic E-state index is 12.4. The van der Waals surface area contributed by atoms with Gasteiger partial charge in [0.2, 0.25) is 0 Å². The van der Waals surface area contributed by atoms with Crippen LogP contribution in [0.4, 0.5) is 5.69 Å². The molecule has 1 aromatic carbocycles. The number of carbonyl (C=O) groups excluding carboxylic acids is 1. The molecule has 2 heterocycles. The number of benzene rings is 1. The van der Waals surface area contributed by atoms with E-state index < -0.39 is 0 Å². The Hall–Kier alpha value is -2.14. The van der Waals surface area contributed by atoms with Crippen LogP contribution in [0.5, 0.6) is 0 Å². The molecule has 3 rings (SSSR count). The van der Waals surface area contributed by atoms with Gasteiger partial charge in [0, 0.05) is 36.5 Å². The van der Waals surface area contributed by atoms with Crippen molar-refractivity contribution in [1.82, 2.24) is 15.3 Å². The molecule has 132 valence electrons. The number of carbonyl (C=O) groups is 1. The molecule has 1 atom stereocenters. The summed E-state index contributed by atoms with van der Waals surface area (Å²) in [6.45, 7) is 8.31. The Labute approximate surface area is 153 Å². The number of aromatic nitrogens is 2. The molecule has 1 aliphatic rings. The fourth-order valence-corrected chi connectivity index (χ4v) is 3.45. The Kier molecular flexibility index (Phi) is 5.23. The summed E-state index contributed by atoms with van der Waals surface area (Å²) < 4.78 is 0. The van der Waals surface area contributed by atoms with E-state index in [1.165, 1.54) is 11.3 Å². The van der Waals surface area contributed by atoms with Crippen molar-refractivity contribution < 1.29 is 4.79 Å². The first-order chi connectivity index (χ1) is 11.9. The van der Waals surface area contributed by atoms with Crippen LogP contribution in [0.15, 0.2) is 24.4 Å². The lowest BCUT2D eigenvalue weighted by molar-refractivity contribution is 0.0947. The van der Waals surface area contributed by atoms with Gasteiger partial charge in [0.15, 0.2) is 0 Å². The standard InChI is InChI=1S/C19H23ClN4O/c1-12-4-5-16(20)8-18(12)24-7-6-15(11-24)9-22-19(25)17-10-21-14(3)23-13(17)2/h4-5,8,10,15H,6-7,9,11H2,1-3H3,(H,22,25). The molecule has 1 unspecified atom stereocenters. The number of rotatable bonds is 4. The summed E-state index contributed by atoms with van der Waals surface area (Å²) in [5, 5.41) is 3.78. The zero-order valence-electron chi connectivity index (χ0n) is 14.8. The molecule has 1 saturated heterocycles. The predicted molar refractivity (Wildman–Crippen MR) is 100 cm³/mol. The molecule has 0 radical (unpaired) electrons. The molecule has 0 bridgehead atoms. The Morgan fingerprint density at radius 1 is 1.36 bits per heavy atom. The van der Waals surface area contributed by atoms with Gasteiger partial charge in [-0.25, -0.2) is 9.97 Å². The van der Waals surface area contributed by atoms with E-state index in [1.807, 2.05) is 32.0 Å². The van der Waals surface area contributed by atoms with Crippen LogP contribution in [0.1, 0.15) is 33.9 Å². The molecule has 25 heavy (non-hydrogen) atoms. The average molecular weight is 359 g/mol. The molecule has 1 amide bonds. The number of hydrogen-bond donors (Lipinski definition) is 1. The van der Waals surface area contributed by atoms with Crippen LogP contribution in [0.2, 0.25) is 5.02 Å². The minimum atomic E-state index is -0.102. The molecule has 0 spiro atoms. The van der Waals surface area contributed by atoms with Crippen molar-refractivity contribution in [3.8, 4) is 0 Å². The lowest BCUT2D eigenvalue weighted by Crippen LogP contribution is -2.31. The number of aryl methyl sites for hydroxylation is 3. The zero-order valence-corrected chi connectivity index (χ0v) is 15.6. The van der Waals surface area contributed by atoms with Gasteiger partial charge in [0.1, 0.15) is 5.82 Å². The third-order valence-corrected chi connectivity index (χ3v) is 4.93. The molecule has 6 heteroatoms. The van der Waals surface area contributed by atoms with Crippen molar-refractivity contribution in [3.63, 3.8) is 0 Å². The van der Waals surface area contributed by atoms with Gasteiger partial charge < -0.3 is 10.2 Å². The highest BCUT2D eigenvalue weighted by molar-refractivity contribution is 6.30. The van der Waals surface area contributed by atoms with Gasteiger partial charge in [-0.1, -0.05) is 17.7 Å². The van der Waals surface area contributed by atoms with E-state index in [1.54, 1.807) is 6.20 Å². The summed E-state index contributed by atoms with van der Waals surface area (Å²) >= 11 is 6.13. The highest BCUT2D eigenvalue weighted by Crippen LogP contribution is 2.29. The third-order valence-electron chi connectivity index (χ3n) is 4.69. The summed E-state index contributed by atoms with van der Waals surface area (Å²) in [5.41, 5.74) is 3.67. The quantitative estimate of drug-likeness (QED) is 0.910. The second-order valence-corrected chi connectivity index (χ2v) is 7.09. The first kappa shape index (κ1) is 17.7. The monoisotopic (exact) mass is 358 g/mol. The molecule has 1 aromatic heterocycles. The summed E-state index contributed by atoms with van der Waals surface area (Å²) in [6, 6.07) is 5.98. The lowest BCUT2D eigenvalue weighted by Gasteiger charge is -2.21. The number of anilines is 1. The maximum Gasteiger partial charge on any atom is 0.254 e. The first-order valence-corrected chi connectivity index (χ1v) is 8.91. The van der Waals surface area contributed by atoms with Gasteiger partial charge in [0.05, 0.1) is 11.3 Å². The lowest BCUT2D eigenvalue weighted by atomic mass is 10.1. The maximum atomic E-state index is 12.4. The Balaban J connectivity index is 1.58. The fourth-order valence-electron chi connectivity index (χ4n) is 3.28. The molecular formula is C19H23ClN4O. The average Bonchev–Trinajstić information content (AvgIpc) is 3.03. The summed E-state index contributed by atoms with van der Waals surface area (Å²) in [5.74, 6) is 1.00. The number of halogens is 1. The molecule has 2 aromatic rings. The van der Waals surface area contributed by atoms with Crippen molar-refractivity contribution in [2.24, 2.45) is 5.92 Å². The summed E-state index contributed by atoms with van der Waals surface area (Å²) in [6.07, 6.45) is 2.65. The predicted octanol–water partition coefficient (Wildman–Crippen LogP) is 3.31. The van der Waals surface area contributed by atoms with E-state index in [4.69, 9.17) is 11.6 Å². The Morgan fingerprint density at radius 2 is 2.16 bits per heavy atom. The minimum absolute atomic E-state index is 0.102. The number of hydrogen-bond acceptors (Lipinski definition) is 4. The van der Waals surface area contributed by atoms with Gasteiger partial charge in [-0.15, -0.1) is 0 Å². The molecule has 0 saturated carbocycles. The fraction of sp³-hybridized carbons (Fsp3) is 0.421. The third kappa shape index (κ3) is 4.10. The normalized spacial score (nSPS) is 17.0. The highest BCUT2D eigenvalue weighted by atomic mass is 35.5. The van der Waals surface area contributed by atoms with E-state index in [0.29, 0.717) is 29.5 Å². The molecular weight excluding hydrogens is 336 g/mol. The van der Waals surface area contributed by atoms with Crippen molar-refractivity contribution in [2.75, 3.05) is 24.5 Å². The smallest absolute Gasteiger partial charge is 0.254 e. The number of nitrogens with one attached hydrogen (secondary N) is 1. The van der Waals surface area contributed by atoms with Crippen molar-refractivity contribution in [3.05, 3.63) is 52.1 Å². The van der Waals surface area contributed by atoms with Gasteiger partial charge in [-0.05, 0) is 50.8 Å². The van der Waals surface area contributed by atoms with E-state index >= 15 is 0 Å². The summed E-state index contributed by atoms with van der Waals surface area (Å²) in [4.78, 5) is 23.1. The largest absolute Gasteiger partial charge is 0.371 e. The highest BCUT2D eigenvalue weighted by Gasteiger charge is 2.24. The van der Waals surface area contributed by atoms with Crippen LogP contribution >= 0.6 is 11.6 Å². The number of nitrogens with zero attached hydrogens (tertiary/aromatic N) is 3. The SMILES string of the molecule is Cc1ncc(C(=O)NCC2CCN(c3cc(Cl)ccc3C)C2)c(C)n1. The van der Waals surface area contributed by atoms with Crippen molar-refractivity contribution >= 4 is 23.2 Å². The van der Waals surface area contributed by atoms with Crippen LogP contribution in [0.25, 0.3) is 0 Å². The van der Waals surface area contributed by atoms with Gasteiger partial charge >= 0.3 is 0 Å². The van der Waals surface area contributed by atoms with E-state index in [-0.39, 0.29) is 5.91 Å². The zero-order chi connectivity index (χ0) is 18.0. The number of amides is 1. The second-order valence-electron chi connectivity index (χ2n) is 6.66. The Morgan fingerprint density at radius 3 is 2.92 bits per heavy atom. The van der Waals surface area contributed by atoms with E-state index in [0.717, 1.165) is 24.5 Å². The van der Waals surface area contributed by atoms with Crippen molar-refractivity contribution in [1.29, 1.82) is 0 Å². The van der Waals surface area contributed by atoms with Crippen LogP contribution < -0.4 is 10.2 Å². The molecule has 1 fully saturated rings.